The fraction of sp³-hybridized carbons (Fsp3) is 0.294. The first-order valence-corrected chi connectivity index (χ1v) is 7.85. The number of benzene rings is 2. The van der Waals surface area contributed by atoms with Crippen molar-refractivity contribution in [3.63, 3.8) is 0 Å². The third-order valence-electron chi connectivity index (χ3n) is 3.16. The van der Waals surface area contributed by atoms with Crippen LogP contribution in [0.4, 0.5) is 0 Å². The smallest absolute Gasteiger partial charge is 0.123 e. The van der Waals surface area contributed by atoms with E-state index in [1.807, 2.05) is 55.5 Å². The molecule has 3 nitrogen and oxygen atoms in total. The molecule has 0 radical (unpaired) electrons. The molecule has 0 heterocycles. The lowest BCUT2D eigenvalue weighted by atomic mass is 10.1. The van der Waals surface area contributed by atoms with Crippen LogP contribution in [0.3, 0.4) is 0 Å². The first kappa shape index (κ1) is 16.0. The molecule has 112 valence electrons. The Kier molecular flexibility index (Phi) is 6.23. The van der Waals surface area contributed by atoms with Crippen molar-refractivity contribution in [2.75, 3.05) is 13.2 Å². The fourth-order valence-electron chi connectivity index (χ4n) is 2.12. The summed E-state index contributed by atoms with van der Waals surface area (Å²) >= 11 is 3.47. The van der Waals surface area contributed by atoms with Crippen molar-refractivity contribution < 1.29 is 9.84 Å². The van der Waals surface area contributed by atoms with Gasteiger partial charge in [-0.3, -0.25) is 0 Å². The van der Waals surface area contributed by atoms with E-state index in [4.69, 9.17) is 4.74 Å². The van der Waals surface area contributed by atoms with Gasteiger partial charge in [0, 0.05) is 23.1 Å². The molecule has 0 fully saturated rings. The Morgan fingerprint density at radius 1 is 1.19 bits per heavy atom. The van der Waals surface area contributed by atoms with Gasteiger partial charge >= 0.3 is 0 Å². The predicted octanol–water partition coefficient (Wildman–Crippen LogP) is 3.67. The van der Waals surface area contributed by atoms with Gasteiger partial charge < -0.3 is 15.2 Å². The zero-order valence-corrected chi connectivity index (χ0v) is 13.6. The highest BCUT2D eigenvalue weighted by molar-refractivity contribution is 9.10. The summed E-state index contributed by atoms with van der Waals surface area (Å²) in [5.74, 6) is 0.877. The second kappa shape index (κ2) is 8.17. The summed E-state index contributed by atoms with van der Waals surface area (Å²) in [7, 11) is 0. The minimum Gasteiger partial charge on any atom is -0.494 e. The Morgan fingerprint density at radius 2 is 1.95 bits per heavy atom. The number of halogens is 1. The summed E-state index contributed by atoms with van der Waals surface area (Å²) in [6, 6.07) is 15.6. The number of hydrogen-bond acceptors (Lipinski definition) is 3. The van der Waals surface area contributed by atoms with E-state index in [0.29, 0.717) is 19.7 Å². The van der Waals surface area contributed by atoms with Gasteiger partial charge in [-0.1, -0.05) is 46.3 Å². The molecule has 0 amide bonds. The van der Waals surface area contributed by atoms with Crippen molar-refractivity contribution in [2.45, 2.75) is 19.6 Å². The van der Waals surface area contributed by atoms with E-state index >= 15 is 0 Å². The molecular weight excluding hydrogens is 330 g/mol. The molecule has 2 rings (SSSR count). The first-order chi connectivity index (χ1) is 10.2. The van der Waals surface area contributed by atoms with Gasteiger partial charge in [-0.25, -0.2) is 0 Å². The van der Waals surface area contributed by atoms with E-state index in [1.165, 1.54) is 0 Å². The van der Waals surface area contributed by atoms with Crippen LogP contribution in [0, 0.1) is 0 Å². The SMILES string of the molecule is CCOc1ccc(Br)cc1CNCC(O)c1ccccc1. The second-order valence-corrected chi connectivity index (χ2v) is 5.66. The van der Waals surface area contributed by atoms with Crippen LogP contribution in [0.15, 0.2) is 53.0 Å². The molecule has 0 spiro atoms. The van der Waals surface area contributed by atoms with Crippen LogP contribution in [-0.2, 0) is 6.54 Å². The molecule has 2 N–H and O–H groups in total. The molecular formula is C17H20BrNO2. The van der Waals surface area contributed by atoms with E-state index < -0.39 is 6.10 Å². The molecule has 0 aliphatic heterocycles. The number of aliphatic hydroxyl groups is 1. The van der Waals surface area contributed by atoms with Gasteiger partial charge in [0.15, 0.2) is 0 Å². The van der Waals surface area contributed by atoms with Gasteiger partial charge in [-0.05, 0) is 30.7 Å². The van der Waals surface area contributed by atoms with Crippen molar-refractivity contribution in [3.05, 3.63) is 64.1 Å². The molecule has 2 aromatic carbocycles. The summed E-state index contributed by atoms with van der Waals surface area (Å²) in [5, 5.41) is 13.4. The Hall–Kier alpha value is -1.36. The molecule has 4 heteroatoms. The molecule has 0 aromatic heterocycles. The van der Waals surface area contributed by atoms with Crippen LogP contribution in [0.1, 0.15) is 24.2 Å². The zero-order valence-electron chi connectivity index (χ0n) is 12.1. The van der Waals surface area contributed by atoms with Gasteiger partial charge in [0.25, 0.3) is 0 Å². The lowest BCUT2D eigenvalue weighted by Crippen LogP contribution is -2.21. The quantitative estimate of drug-likeness (QED) is 0.801. The van der Waals surface area contributed by atoms with E-state index in [0.717, 1.165) is 21.3 Å². The van der Waals surface area contributed by atoms with Crippen molar-refractivity contribution in [3.8, 4) is 5.75 Å². The van der Waals surface area contributed by atoms with Crippen molar-refractivity contribution >= 4 is 15.9 Å². The maximum absolute atomic E-state index is 10.1. The molecule has 0 saturated carbocycles. The summed E-state index contributed by atoms with van der Waals surface area (Å²) < 4.78 is 6.63. The van der Waals surface area contributed by atoms with E-state index in [1.54, 1.807) is 0 Å². The number of hydrogen-bond donors (Lipinski definition) is 2. The number of ether oxygens (including phenoxy) is 1. The highest BCUT2D eigenvalue weighted by atomic mass is 79.9. The second-order valence-electron chi connectivity index (χ2n) is 4.74. The molecule has 21 heavy (non-hydrogen) atoms. The predicted molar refractivity (Wildman–Crippen MR) is 88.4 cm³/mol. The highest BCUT2D eigenvalue weighted by Gasteiger charge is 2.08. The van der Waals surface area contributed by atoms with E-state index in [-0.39, 0.29) is 0 Å². The number of aliphatic hydroxyl groups excluding tert-OH is 1. The maximum atomic E-state index is 10.1. The third-order valence-corrected chi connectivity index (χ3v) is 3.65. The number of rotatable bonds is 7. The van der Waals surface area contributed by atoms with Gasteiger partial charge in [0.2, 0.25) is 0 Å². The third kappa shape index (κ3) is 4.84. The fourth-order valence-corrected chi connectivity index (χ4v) is 2.53. The molecule has 2 aromatic rings. The Bertz CT molecular complexity index is 560. The van der Waals surface area contributed by atoms with Gasteiger partial charge in [0.05, 0.1) is 12.7 Å². The molecule has 0 aliphatic carbocycles. The van der Waals surface area contributed by atoms with Crippen LogP contribution < -0.4 is 10.1 Å². The van der Waals surface area contributed by atoms with Crippen LogP contribution in [-0.4, -0.2) is 18.3 Å². The Balaban J connectivity index is 1.92. The van der Waals surface area contributed by atoms with Crippen LogP contribution in [0.25, 0.3) is 0 Å². The highest BCUT2D eigenvalue weighted by Crippen LogP contribution is 2.23. The Morgan fingerprint density at radius 3 is 2.67 bits per heavy atom. The van der Waals surface area contributed by atoms with E-state index in [9.17, 15) is 5.11 Å². The first-order valence-electron chi connectivity index (χ1n) is 7.05. The van der Waals surface area contributed by atoms with Crippen LogP contribution in [0.2, 0.25) is 0 Å². The van der Waals surface area contributed by atoms with E-state index in [2.05, 4.69) is 21.2 Å². The van der Waals surface area contributed by atoms with Gasteiger partial charge in [0.1, 0.15) is 5.75 Å². The van der Waals surface area contributed by atoms with Crippen LogP contribution >= 0.6 is 15.9 Å². The molecule has 0 bridgehead atoms. The summed E-state index contributed by atoms with van der Waals surface area (Å²) in [6.45, 7) is 3.76. The summed E-state index contributed by atoms with van der Waals surface area (Å²) in [4.78, 5) is 0. The van der Waals surface area contributed by atoms with Gasteiger partial charge in [-0.15, -0.1) is 0 Å². The minimum atomic E-state index is -0.506. The molecule has 1 atom stereocenters. The van der Waals surface area contributed by atoms with Crippen LogP contribution in [0.5, 0.6) is 5.75 Å². The Labute approximate surface area is 134 Å². The molecule has 1 unspecified atom stereocenters. The minimum absolute atomic E-state index is 0.502. The molecule has 0 aliphatic rings. The van der Waals surface area contributed by atoms with Crippen molar-refractivity contribution in [2.24, 2.45) is 0 Å². The standard InChI is InChI=1S/C17H20BrNO2/c1-2-21-17-9-8-15(18)10-14(17)11-19-12-16(20)13-6-4-3-5-7-13/h3-10,16,19-20H,2,11-12H2,1H3. The lowest BCUT2D eigenvalue weighted by molar-refractivity contribution is 0.174. The van der Waals surface area contributed by atoms with Crippen molar-refractivity contribution in [1.82, 2.24) is 5.32 Å². The largest absolute Gasteiger partial charge is 0.494 e. The topological polar surface area (TPSA) is 41.5 Å². The normalized spacial score (nSPS) is 12.1. The number of nitrogens with one attached hydrogen (secondary N) is 1. The average Bonchev–Trinajstić information content (AvgIpc) is 2.51. The summed E-state index contributed by atoms with van der Waals surface area (Å²) in [6.07, 6.45) is -0.506. The molecule has 0 saturated heterocycles. The zero-order chi connectivity index (χ0) is 15.1. The average molecular weight is 350 g/mol. The summed E-state index contributed by atoms with van der Waals surface area (Å²) in [5.41, 5.74) is 2.00. The van der Waals surface area contributed by atoms with Gasteiger partial charge in [-0.2, -0.15) is 0 Å². The van der Waals surface area contributed by atoms with Crippen molar-refractivity contribution in [1.29, 1.82) is 0 Å². The lowest BCUT2D eigenvalue weighted by Gasteiger charge is -2.14. The monoisotopic (exact) mass is 349 g/mol. The maximum Gasteiger partial charge on any atom is 0.123 e.